The smallest absolute Gasteiger partial charge is 0.422 e. The summed E-state index contributed by atoms with van der Waals surface area (Å²) < 4.78 is 83.1. The summed E-state index contributed by atoms with van der Waals surface area (Å²) in [5.41, 5.74) is 2.44. The topological polar surface area (TPSA) is 63.6 Å². The Balaban J connectivity index is 1.79. The number of amides is 1. The van der Waals surface area contributed by atoms with Crippen molar-refractivity contribution in [1.82, 2.24) is 4.98 Å². The summed E-state index contributed by atoms with van der Waals surface area (Å²) in [6, 6.07) is 10.3. The molecular formula is C26H21F6N3O2. The molecule has 1 N–H and O–H groups in total. The summed E-state index contributed by atoms with van der Waals surface area (Å²) >= 11 is 0. The van der Waals surface area contributed by atoms with Gasteiger partial charge in [-0.05, 0) is 48.2 Å². The molecule has 1 amide bonds. The molecule has 37 heavy (non-hydrogen) atoms. The summed E-state index contributed by atoms with van der Waals surface area (Å²) in [6.07, 6.45) is -7.61. The van der Waals surface area contributed by atoms with Crippen LogP contribution in [-0.2, 0) is 17.4 Å². The van der Waals surface area contributed by atoms with Crippen molar-refractivity contribution in [3.05, 3.63) is 71.0 Å². The maximum absolute atomic E-state index is 13.5. The van der Waals surface area contributed by atoms with E-state index in [4.69, 9.17) is 0 Å². The lowest BCUT2D eigenvalue weighted by molar-refractivity contribution is -0.158. The monoisotopic (exact) mass is 521 g/mol. The number of alkyl halides is 6. The fourth-order valence-corrected chi connectivity index (χ4v) is 3.94. The first-order valence-electron chi connectivity index (χ1n) is 11.2. The third-order valence-electron chi connectivity index (χ3n) is 5.69. The van der Waals surface area contributed by atoms with Crippen LogP contribution in [0.15, 0.2) is 53.7 Å². The van der Waals surface area contributed by atoms with E-state index < -0.39 is 36.2 Å². The lowest BCUT2D eigenvalue weighted by atomic mass is 9.97. The van der Waals surface area contributed by atoms with Crippen molar-refractivity contribution in [2.75, 3.05) is 11.9 Å². The number of aromatic nitrogens is 1. The summed E-state index contributed by atoms with van der Waals surface area (Å²) in [6.45, 7) is 2.02. The van der Waals surface area contributed by atoms with E-state index >= 15 is 0 Å². The van der Waals surface area contributed by atoms with Gasteiger partial charge in [0, 0.05) is 23.5 Å². The van der Waals surface area contributed by atoms with E-state index in [0.29, 0.717) is 11.6 Å². The average Bonchev–Trinajstić information content (AvgIpc) is 2.98. The Hall–Kier alpha value is -3.89. The summed E-state index contributed by atoms with van der Waals surface area (Å²) in [5.74, 6) is -1.65. The Bertz CT molecular complexity index is 1380. The van der Waals surface area contributed by atoms with Gasteiger partial charge in [-0.25, -0.2) is 4.99 Å². The van der Waals surface area contributed by atoms with Gasteiger partial charge in [0.2, 0.25) is 5.91 Å². The number of hydrogen-bond donors (Lipinski definition) is 1. The second-order valence-corrected chi connectivity index (χ2v) is 8.48. The number of carbonyl (C=O) groups excluding carboxylic acids is 1. The van der Waals surface area contributed by atoms with Crippen molar-refractivity contribution in [2.45, 2.75) is 39.0 Å². The molecule has 11 heteroatoms. The Labute approximate surface area is 208 Å². The number of halogens is 6. The summed E-state index contributed by atoms with van der Waals surface area (Å²) in [5, 5.41) is 2.36. The zero-order valence-corrected chi connectivity index (χ0v) is 19.7. The van der Waals surface area contributed by atoms with Crippen LogP contribution in [0.3, 0.4) is 0 Å². The molecule has 0 saturated carbocycles. The number of aliphatic imine (C=N–C) groups is 1. The minimum atomic E-state index is -5.02. The number of carbonyl (C=O) groups is 1. The van der Waals surface area contributed by atoms with Crippen LogP contribution in [-0.4, -0.2) is 29.4 Å². The molecule has 1 aliphatic heterocycles. The zero-order chi connectivity index (χ0) is 27.0. The molecule has 2 aromatic carbocycles. The van der Waals surface area contributed by atoms with Crippen molar-refractivity contribution < 1.29 is 35.9 Å². The molecule has 3 aromatic rings. The number of nitrogens with zero attached hydrogens (tertiary/aromatic N) is 2. The predicted molar refractivity (Wildman–Crippen MR) is 126 cm³/mol. The Morgan fingerprint density at radius 1 is 1.03 bits per heavy atom. The fourth-order valence-electron chi connectivity index (χ4n) is 3.94. The average molecular weight is 521 g/mol. The highest BCUT2D eigenvalue weighted by Gasteiger charge is 2.38. The van der Waals surface area contributed by atoms with Gasteiger partial charge in [-0.3, -0.25) is 9.78 Å². The van der Waals surface area contributed by atoms with Gasteiger partial charge in [0.1, 0.15) is 5.75 Å². The van der Waals surface area contributed by atoms with Crippen LogP contribution in [0.5, 0.6) is 5.75 Å². The molecule has 0 bridgehead atoms. The molecule has 2 heterocycles. The molecule has 194 valence electrons. The highest BCUT2D eigenvalue weighted by Crippen LogP contribution is 2.43. The lowest BCUT2D eigenvalue weighted by Gasteiger charge is -2.17. The molecule has 0 radical (unpaired) electrons. The number of benzene rings is 2. The fraction of sp³-hybridized carbons (Fsp3) is 0.269. The van der Waals surface area contributed by atoms with E-state index in [-0.39, 0.29) is 23.5 Å². The standard InChI is InChI=1S/C26H21F6N3O2/c1-3-17-7-14(2)18(12-33-17)15-5-4-6-16(8-15)20-11-24(36)35-21-9-19(26(30,31)32)23(10-22(21)34-20)37-13-25(27,28)29/h4-10,12H,3,11,13H2,1-2H3,(H,35,36). The molecule has 0 spiro atoms. The molecule has 1 aliphatic rings. The van der Waals surface area contributed by atoms with E-state index in [1.165, 1.54) is 0 Å². The van der Waals surface area contributed by atoms with Crippen LogP contribution in [0, 0.1) is 6.92 Å². The largest absolute Gasteiger partial charge is 0.483 e. The molecule has 0 saturated heterocycles. The third kappa shape index (κ3) is 6.10. The van der Waals surface area contributed by atoms with Crippen LogP contribution in [0.1, 0.15) is 35.7 Å². The number of nitrogens with one attached hydrogen (secondary N) is 1. The molecule has 0 aliphatic carbocycles. The predicted octanol–water partition coefficient (Wildman–Crippen LogP) is 7.04. The van der Waals surface area contributed by atoms with E-state index in [0.717, 1.165) is 34.9 Å². The van der Waals surface area contributed by atoms with E-state index in [1.807, 2.05) is 26.0 Å². The van der Waals surface area contributed by atoms with Crippen molar-refractivity contribution >= 4 is 23.0 Å². The summed E-state index contributed by atoms with van der Waals surface area (Å²) in [7, 11) is 0. The normalized spacial score (nSPS) is 13.9. The Kier molecular flexibility index (Phi) is 6.98. The van der Waals surface area contributed by atoms with Crippen molar-refractivity contribution in [1.29, 1.82) is 0 Å². The SMILES string of the molecule is CCc1cc(C)c(-c2cccc(C3=Nc4cc(OCC(F)(F)F)c(C(F)(F)F)cc4NC(=O)C3)c2)cn1. The van der Waals surface area contributed by atoms with Gasteiger partial charge >= 0.3 is 12.4 Å². The van der Waals surface area contributed by atoms with Gasteiger partial charge < -0.3 is 10.1 Å². The molecule has 4 rings (SSSR count). The first-order valence-corrected chi connectivity index (χ1v) is 11.2. The summed E-state index contributed by atoms with van der Waals surface area (Å²) in [4.78, 5) is 21.3. The second-order valence-electron chi connectivity index (χ2n) is 8.48. The minimum Gasteiger partial charge on any atom is -0.483 e. The minimum absolute atomic E-state index is 0.151. The zero-order valence-electron chi connectivity index (χ0n) is 19.7. The number of ether oxygens (including phenoxy) is 1. The number of anilines is 1. The molecule has 5 nitrogen and oxygen atoms in total. The molecule has 0 fully saturated rings. The Morgan fingerprint density at radius 2 is 1.76 bits per heavy atom. The quantitative estimate of drug-likeness (QED) is 0.366. The van der Waals surface area contributed by atoms with E-state index in [1.54, 1.807) is 24.4 Å². The van der Waals surface area contributed by atoms with Crippen LogP contribution < -0.4 is 10.1 Å². The van der Waals surface area contributed by atoms with Crippen LogP contribution in [0.25, 0.3) is 11.1 Å². The van der Waals surface area contributed by atoms with Gasteiger partial charge in [-0.2, -0.15) is 26.3 Å². The van der Waals surface area contributed by atoms with Crippen molar-refractivity contribution in [2.24, 2.45) is 4.99 Å². The second kappa shape index (κ2) is 9.87. The number of aryl methyl sites for hydroxylation is 2. The lowest BCUT2D eigenvalue weighted by Crippen LogP contribution is -2.21. The van der Waals surface area contributed by atoms with Crippen molar-refractivity contribution in [3.63, 3.8) is 0 Å². The van der Waals surface area contributed by atoms with Gasteiger partial charge in [0.25, 0.3) is 0 Å². The molecule has 1 aromatic heterocycles. The highest BCUT2D eigenvalue weighted by atomic mass is 19.4. The molecule has 0 unspecified atom stereocenters. The number of pyridine rings is 1. The first kappa shape index (κ1) is 26.2. The molecular weight excluding hydrogens is 500 g/mol. The maximum atomic E-state index is 13.5. The Morgan fingerprint density at radius 3 is 2.41 bits per heavy atom. The molecule has 0 atom stereocenters. The highest BCUT2D eigenvalue weighted by molar-refractivity contribution is 6.17. The van der Waals surface area contributed by atoms with Crippen LogP contribution in [0.4, 0.5) is 37.7 Å². The van der Waals surface area contributed by atoms with Crippen LogP contribution in [0.2, 0.25) is 0 Å². The number of fused-ring (bicyclic) bond motifs is 1. The van der Waals surface area contributed by atoms with E-state index in [2.05, 4.69) is 20.0 Å². The van der Waals surface area contributed by atoms with Gasteiger partial charge in [-0.1, -0.05) is 25.1 Å². The number of rotatable bonds is 5. The number of hydrogen-bond acceptors (Lipinski definition) is 4. The van der Waals surface area contributed by atoms with Crippen LogP contribution >= 0.6 is 0 Å². The first-order chi connectivity index (χ1) is 17.3. The van der Waals surface area contributed by atoms with E-state index in [9.17, 15) is 31.1 Å². The van der Waals surface area contributed by atoms with Gasteiger partial charge in [-0.15, -0.1) is 0 Å². The maximum Gasteiger partial charge on any atom is 0.422 e. The van der Waals surface area contributed by atoms with Gasteiger partial charge in [0.15, 0.2) is 6.61 Å². The third-order valence-corrected chi connectivity index (χ3v) is 5.69. The van der Waals surface area contributed by atoms with Crippen molar-refractivity contribution in [3.8, 4) is 16.9 Å². The van der Waals surface area contributed by atoms with Gasteiger partial charge in [0.05, 0.1) is 29.1 Å².